The van der Waals surface area contributed by atoms with Crippen LogP contribution in [-0.4, -0.2) is 32.4 Å². The summed E-state index contributed by atoms with van der Waals surface area (Å²) in [5.41, 5.74) is 1.04. The van der Waals surface area contributed by atoms with E-state index in [1.165, 1.54) is 11.2 Å². The minimum absolute atomic E-state index is 0.595. The van der Waals surface area contributed by atoms with Crippen molar-refractivity contribution in [2.75, 3.05) is 12.9 Å². The maximum absolute atomic E-state index is 5.74. The molecule has 3 aromatic rings. The van der Waals surface area contributed by atoms with Gasteiger partial charge in [-0.15, -0.1) is 11.8 Å². The molecule has 1 aromatic carbocycles. The summed E-state index contributed by atoms with van der Waals surface area (Å²) in [6.45, 7) is 0.595. The minimum Gasteiger partial charge on any atom is -0.493 e. The molecular weight excluding hydrogens is 272 g/mol. The van der Waals surface area contributed by atoms with E-state index < -0.39 is 0 Å². The lowest BCUT2D eigenvalue weighted by Gasteiger charge is -2.07. The molecule has 0 aliphatic heterocycles. The van der Waals surface area contributed by atoms with Gasteiger partial charge in [-0.1, -0.05) is 0 Å². The number of thioether (sulfide) groups is 1. The van der Waals surface area contributed by atoms with Gasteiger partial charge in [-0.25, -0.2) is 9.50 Å². The number of hydrogen-bond donors (Lipinski definition) is 0. The third-order valence-electron chi connectivity index (χ3n) is 2.95. The van der Waals surface area contributed by atoms with E-state index in [1.54, 1.807) is 22.5 Å². The van der Waals surface area contributed by atoms with Crippen LogP contribution in [0.2, 0.25) is 0 Å². The fourth-order valence-electron chi connectivity index (χ4n) is 1.92. The average Bonchev–Trinajstić information content (AvgIpc) is 2.97. The molecule has 0 atom stereocenters. The molecule has 0 amide bonds. The van der Waals surface area contributed by atoms with E-state index in [1.807, 2.05) is 18.2 Å². The number of aromatic nitrogens is 4. The topological polar surface area (TPSA) is 52.3 Å². The van der Waals surface area contributed by atoms with Crippen molar-refractivity contribution in [3.05, 3.63) is 48.5 Å². The number of rotatable bonds is 5. The quantitative estimate of drug-likeness (QED) is 0.674. The number of nitrogens with zero attached hydrogens (tertiary/aromatic N) is 4. The zero-order valence-corrected chi connectivity index (χ0v) is 11.9. The number of benzene rings is 1. The Morgan fingerprint density at radius 2 is 2.00 bits per heavy atom. The molecule has 0 spiro atoms. The molecule has 5 nitrogen and oxygen atoms in total. The lowest BCUT2D eigenvalue weighted by Crippen LogP contribution is -2.07. The maximum atomic E-state index is 5.74. The summed E-state index contributed by atoms with van der Waals surface area (Å²) in [6.07, 6.45) is 6.07. The molecule has 20 heavy (non-hydrogen) atoms. The molecular formula is C14H14N4OS. The van der Waals surface area contributed by atoms with E-state index in [4.69, 9.17) is 4.74 Å². The van der Waals surface area contributed by atoms with Crippen molar-refractivity contribution in [3.8, 4) is 5.75 Å². The summed E-state index contributed by atoms with van der Waals surface area (Å²) in [6, 6.07) is 10.0. The lowest BCUT2D eigenvalue weighted by molar-refractivity contribution is 0.319. The first-order valence-corrected chi connectivity index (χ1v) is 7.50. The highest BCUT2D eigenvalue weighted by Crippen LogP contribution is 2.19. The van der Waals surface area contributed by atoms with Gasteiger partial charge in [0.15, 0.2) is 0 Å². The molecule has 2 aromatic heterocycles. The van der Waals surface area contributed by atoms with Gasteiger partial charge in [0, 0.05) is 17.5 Å². The number of fused-ring (bicyclic) bond motifs is 1. The van der Waals surface area contributed by atoms with Crippen LogP contribution in [0.25, 0.3) is 5.78 Å². The van der Waals surface area contributed by atoms with E-state index in [2.05, 4.69) is 33.5 Å². The first-order valence-electron chi connectivity index (χ1n) is 6.27. The summed E-state index contributed by atoms with van der Waals surface area (Å²) in [5, 5.41) is 4.15. The molecule has 2 heterocycles. The average molecular weight is 286 g/mol. The van der Waals surface area contributed by atoms with Crippen LogP contribution in [0.5, 0.6) is 5.75 Å². The van der Waals surface area contributed by atoms with E-state index >= 15 is 0 Å². The summed E-state index contributed by atoms with van der Waals surface area (Å²) in [5.74, 6) is 1.50. The molecule has 0 radical (unpaired) electrons. The van der Waals surface area contributed by atoms with Crippen molar-refractivity contribution < 1.29 is 4.74 Å². The van der Waals surface area contributed by atoms with Crippen molar-refractivity contribution in [2.45, 2.75) is 11.3 Å². The molecule has 0 saturated heterocycles. The van der Waals surface area contributed by atoms with Gasteiger partial charge in [-0.3, -0.25) is 0 Å². The normalized spacial score (nSPS) is 10.8. The monoisotopic (exact) mass is 286 g/mol. The van der Waals surface area contributed by atoms with Gasteiger partial charge >= 0.3 is 0 Å². The molecule has 0 fully saturated rings. The van der Waals surface area contributed by atoms with Gasteiger partial charge in [0.05, 0.1) is 12.3 Å². The zero-order chi connectivity index (χ0) is 13.8. The predicted octanol–water partition coefficient (Wildman–Crippen LogP) is 2.47. The van der Waals surface area contributed by atoms with Crippen LogP contribution in [-0.2, 0) is 6.42 Å². The third kappa shape index (κ3) is 2.75. The van der Waals surface area contributed by atoms with Crippen LogP contribution in [0.3, 0.4) is 0 Å². The van der Waals surface area contributed by atoms with Gasteiger partial charge in [0.2, 0.25) is 0 Å². The van der Waals surface area contributed by atoms with Crippen LogP contribution >= 0.6 is 11.8 Å². The van der Waals surface area contributed by atoms with E-state index in [0.717, 1.165) is 17.9 Å². The summed E-state index contributed by atoms with van der Waals surface area (Å²) in [4.78, 5) is 9.43. The smallest absolute Gasteiger partial charge is 0.252 e. The number of ether oxygens (including phenoxy) is 1. The maximum Gasteiger partial charge on any atom is 0.252 e. The van der Waals surface area contributed by atoms with Crippen molar-refractivity contribution in [1.29, 1.82) is 0 Å². The van der Waals surface area contributed by atoms with Crippen LogP contribution < -0.4 is 4.74 Å². The summed E-state index contributed by atoms with van der Waals surface area (Å²) >= 11 is 1.72. The van der Waals surface area contributed by atoms with Crippen molar-refractivity contribution in [3.63, 3.8) is 0 Å². The summed E-state index contributed by atoms with van der Waals surface area (Å²) < 4.78 is 7.48. The van der Waals surface area contributed by atoms with Crippen LogP contribution in [0.4, 0.5) is 0 Å². The van der Waals surface area contributed by atoms with E-state index in [9.17, 15) is 0 Å². The largest absolute Gasteiger partial charge is 0.493 e. The van der Waals surface area contributed by atoms with Gasteiger partial charge in [-0.2, -0.15) is 10.1 Å². The molecule has 0 saturated carbocycles. The molecule has 0 aliphatic rings. The fraction of sp³-hybridized carbons (Fsp3) is 0.214. The Morgan fingerprint density at radius 1 is 1.15 bits per heavy atom. The zero-order valence-electron chi connectivity index (χ0n) is 11.1. The second-order valence-electron chi connectivity index (χ2n) is 4.18. The van der Waals surface area contributed by atoms with E-state index in [0.29, 0.717) is 12.4 Å². The third-order valence-corrected chi connectivity index (χ3v) is 3.69. The Labute approximate surface area is 121 Å². The molecule has 0 bridgehead atoms. The SMILES string of the molecule is CSc1ccc(OCCc2ccnc3ncnn23)cc1. The molecule has 0 unspecified atom stereocenters. The first kappa shape index (κ1) is 12.9. The molecule has 3 rings (SSSR count). The lowest BCUT2D eigenvalue weighted by atomic mass is 10.3. The Bertz CT molecular complexity index is 696. The van der Waals surface area contributed by atoms with Crippen LogP contribution in [0.15, 0.2) is 47.8 Å². The summed E-state index contributed by atoms with van der Waals surface area (Å²) in [7, 11) is 0. The van der Waals surface area contributed by atoms with Gasteiger partial charge in [0.1, 0.15) is 12.1 Å². The van der Waals surface area contributed by atoms with Gasteiger partial charge < -0.3 is 4.74 Å². The first-order chi connectivity index (χ1) is 9.86. The van der Waals surface area contributed by atoms with Crippen LogP contribution in [0.1, 0.15) is 5.69 Å². The Morgan fingerprint density at radius 3 is 2.80 bits per heavy atom. The van der Waals surface area contributed by atoms with Crippen molar-refractivity contribution in [2.24, 2.45) is 0 Å². The van der Waals surface area contributed by atoms with Gasteiger partial charge in [-0.05, 0) is 36.6 Å². The Hall–Kier alpha value is -2.08. The standard InChI is InChI=1S/C14H14N4OS/c1-20-13-4-2-12(3-5-13)19-9-7-11-6-8-15-14-16-10-17-18(11)14/h2-6,8,10H,7,9H2,1H3. The predicted molar refractivity (Wildman–Crippen MR) is 78.2 cm³/mol. The molecule has 0 N–H and O–H groups in total. The highest BCUT2D eigenvalue weighted by Gasteiger charge is 2.03. The van der Waals surface area contributed by atoms with Crippen molar-refractivity contribution >= 4 is 17.5 Å². The highest BCUT2D eigenvalue weighted by molar-refractivity contribution is 7.98. The minimum atomic E-state index is 0.595. The van der Waals surface area contributed by atoms with Crippen LogP contribution in [0, 0.1) is 0 Å². The Kier molecular flexibility index (Phi) is 3.83. The van der Waals surface area contributed by atoms with Crippen molar-refractivity contribution in [1.82, 2.24) is 19.6 Å². The number of hydrogen-bond acceptors (Lipinski definition) is 5. The Balaban J connectivity index is 1.63. The second kappa shape index (κ2) is 5.92. The van der Waals surface area contributed by atoms with Gasteiger partial charge in [0.25, 0.3) is 5.78 Å². The fourth-order valence-corrected chi connectivity index (χ4v) is 2.33. The molecule has 0 aliphatic carbocycles. The van der Waals surface area contributed by atoms with E-state index in [-0.39, 0.29) is 0 Å². The second-order valence-corrected chi connectivity index (χ2v) is 5.06. The highest BCUT2D eigenvalue weighted by atomic mass is 32.2. The molecule has 6 heteroatoms. The molecule has 102 valence electrons.